The molecule has 0 bridgehead atoms. The average molecular weight is 525 g/mol. The monoisotopic (exact) mass is 524 g/mol. The molecular formula is C22H21ClN2O7S2. The minimum absolute atomic E-state index is 0.105. The summed E-state index contributed by atoms with van der Waals surface area (Å²) in [6.45, 7) is 3.14. The number of ether oxygens (including phenoxy) is 1. The Balaban J connectivity index is 2.00. The zero-order valence-electron chi connectivity index (χ0n) is 18.3. The fraction of sp³-hybridized carbons (Fsp3) is 0.136. The molecule has 0 heterocycles. The first kappa shape index (κ1) is 25.3. The number of halogens is 1. The Kier molecular flexibility index (Phi) is 7.10. The first-order valence-corrected chi connectivity index (χ1v) is 13.0. The SMILES string of the molecule is COC(=O)c1cccc(NS(=O)(=O)c2ccc(O)c(S(=O)(=O)Nc3cccc(Cl)c3C)c2)c1C. The average Bonchev–Trinajstić information content (AvgIpc) is 2.77. The highest BCUT2D eigenvalue weighted by Gasteiger charge is 2.25. The third-order valence-electron chi connectivity index (χ3n) is 5.03. The second-order valence-electron chi connectivity index (χ2n) is 7.22. The molecule has 0 spiro atoms. The van der Waals surface area contributed by atoms with Crippen molar-refractivity contribution in [2.45, 2.75) is 23.6 Å². The van der Waals surface area contributed by atoms with Crippen LogP contribution in [0.3, 0.4) is 0 Å². The Labute approximate surface area is 202 Å². The van der Waals surface area contributed by atoms with E-state index in [-0.39, 0.29) is 16.9 Å². The molecule has 9 nitrogen and oxygen atoms in total. The highest BCUT2D eigenvalue weighted by molar-refractivity contribution is 7.93. The van der Waals surface area contributed by atoms with E-state index in [1.807, 2.05) is 0 Å². The van der Waals surface area contributed by atoms with Gasteiger partial charge in [0.2, 0.25) is 0 Å². The van der Waals surface area contributed by atoms with Crippen LogP contribution < -0.4 is 9.44 Å². The van der Waals surface area contributed by atoms with Gasteiger partial charge >= 0.3 is 5.97 Å². The zero-order chi connectivity index (χ0) is 25.3. The minimum atomic E-state index is -4.38. The molecule has 0 fully saturated rings. The molecule has 12 heteroatoms. The Morgan fingerprint density at radius 2 is 1.47 bits per heavy atom. The van der Waals surface area contributed by atoms with Crippen LogP contribution in [0, 0.1) is 13.8 Å². The van der Waals surface area contributed by atoms with Crippen molar-refractivity contribution in [3.05, 3.63) is 76.3 Å². The van der Waals surface area contributed by atoms with Crippen molar-refractivity contribution in [3.8, 4) is 5.75 Å². The third-order valence-corrected chi connectivity index (χ3v) is 8.19. The maximum atomic E-state index is 13.0. The largest absolute Gasteiger partial charge is 0.507 e. The predicted octanol–water partition coefficient (Wildman–Crippen LogP) is 4.05. The summed E-state index contributed by atoms with van der Waals surface area (Å²) in [4.78, 5) is 10.8. The van der Waals surface area contributed by atoms with Crippen LogP contribution in [0.25, 0.3) is 0 Å². The first-order chi connectivity index (χ1) is 15.9. The summed E-state index contributed by atoms with van der Waals surface area (Å²) >= 11 is 6.03. The number of rotatable bonds is 7. The van der Waals surface area contributed by atoms with Crippen LogP contribution in [0.4, 0.5) is 11.4 Å². The van der Waals surface area contributed by atoms with Gasteiger partial charge in [-0.1, -0.05) is 23.7 Å². The maximum absolute atomic E-state index is 13.0. The number of benzene rings is 3. The molecule has 3 aromatic rings. The Morgan fingerprint density at radius 3 is 2.12 bits per heavy atom. The molecule has 3 N–H and O–H groups in total. The fourth-order valence-electron chi connectivity index (χ4n) is 3.08. The van der Waals surface area contributed by atoms with Crippen LogP contribution in [0.5, 0.6) is 5.75 Å². The van der Waals surface area contributed by atoms with Crippen LogP contribution in [0.15, 0.2) is 64.4 Å². The first-order valence-electron chi connectivity index (χ1n) is 9.69. The van der Waals surface area contributed by atoms with E-state index >= 15 is 0 Å². The van der Waals surface area contributed by atoms with E-state index in [1.54, 1.807) is 19.1 Å². The van der Waals surface area contributed by atoms with Crippen molar-refractivity contribution in [2.24, 2.45) is 0 Å². The highest BCUT2D eigenvalue weighted by atomic mass is 35.5. The number of carbonyl (C=O) groups excluding carboxylic acids is 1. The van der Waals surface area contributed by atoms with Crippen molar-refractivity contribution in [2.75, 3.05) is 16.6 Å². The lowest BCUT2D eigenvalue weighted by molar-refractivity contribution is 0.0600. The second kappa shape index (κ2) is 9.53. The molecule has 34 heavy (non-hydrogen) atoms. The quantitative estimate of drug-likeness (QED) is 0.396. The fourth-order valence-corrected chi connectivity index (χ4v) is 5.72. The number of carbonyl (C=O) groups is 1. The molecule has 0 aromatic heterocycles. The van der Waals surface area contributed by atoms with Crippen LogP contribution in [0.1, 0.15) is 21.5 Å². The highest BCUT2D eigenvalue weighted by Crippen LogP contribution is 2.31. The smallest absolute Gasteiger partial charge is 0.338 e. The standard InChI is InChI=1S/C22H21ClN2O7S2/c1-13-16(22(27)32-3)6-4-8-18(13)24-33(28,29)15-10-11-20(26)21(12-15)34(30,31)25-19-9-5-7-17(23)14(19)2/h4-12,24-26H,1-3H3. The van der Waals surface area contributed by atoms with Gasteiger partial charge in [-0.05, 0) is 67.4 Å². The number of hydrogen-bond acceptors (Lipinski definition) is 7. The molecule has 0 saturated carbocycles. The van der Waals surface area contributed by atoms with Crippen molar-refractivity contribution in [1.82, 2.24) is 0 Å². The number of sulfonamides is 2. The number of nitrogens with one attached hydrogen (secondary N) is 2. The van der Waals surface area contributed by atoms with E-state index in [9.17, 15) is 26.7 Å². The molecular weight excluding hydrogens is 504 g/mol. The molecule has 0 aliphatic heterocycles. The topological polar surface area (TPSA) is 139 Å². The molecule has 0 radical (unpaired) electrons. The maximum Gasteiger partial charge on any atom is 0.338 e. The van der Waals surface area contributed by atoms with Crippen molar-refractivity contribution in [1.29, 1.82) is 0 Å². The number of esters is 1. The normalized spacial score (nSPS) is 11.6. The molecule has 3 aromatic carbocycles. The summed E-state index contributed by atoms with van der Waals surface area (Å²) in [6, 6.07) is 11.9. The van der Waals surface area contributed by atoms with E-state index in [0.717, 1.165) is 18.2 Å². The lowest BCUT2D eigenvalue weighted by Crippen LogP contribution is -2.17. The molecule has 0 amide bonds. The summed E-state index contributed by atoms with van der Waals surface area (Å²) < 4.78 is 61.3. The number of phenolic OH excluding ortho intramolecular Hbond substituents is 1. The minimum Gasteiger partial charge on any atom is -0.507 e. The van der Waals surface area contributed by atoms with Gasteiger partial charge in [0.1, 0.15) is 10.6 Å². The number of aromatic hydroxyl groups is 1. The van der Waals surface area contributed by atoms with Crippen molar-refractivity contribution in [3.63, 3.8) is 0 Å². The molecule has 3 rings (SSSR count). The number of hydrogen-bond donors (Lipinski definition) is 3. The Morgan fingerprint density at radius 1 is 0.882 bits per heavy atom. The second-order valence-corrected chi connectivity index (χ2v) is 11.0. The molecule has 0 saturated heterocycles. The van der Waals surface area contributed by atoms with Crippen molar-refractivity contribution >= 4 is 49.0 Å². The van der Waals surface area contributed by atoms with Crippen LogP contribution >= 0.6 is 11.6 Å². The molecule has 0 aliphatic rings. The summed E-state index contributed by atoms with van der Waals surface area (Å²) in [5.41, 5.74) is 1.22. The molecule has 0 atom stereocenters. The lowest BCUT2D eigenvalue weighted by atomic mass is 10.1. The van der Waals surface area contributed by atoms with E-state index in [1.165, 1.54) is 38.3 Å². The van der Waals surface area contributed by atoms with Gasteiger partial charge in [0, 0.05) is 5.02 Å². The zero-order valence-corrected chi connectivity index (χ0v) is 20.7. The van der Waals surface area contributed by atoms with Gasteiger partial charge in [-0.25, -0.2) is 21.6 Å². The predicted molar refractivity (Wildman–Crippen MR) is 128 cm³/mol. The molecule has 0 unspecified atom stereocenters. The summed E-state index contributed by atoms with van der Waals surface area (Å²) in [6.07, 6.45) is 0. The molecule has 0 aliphatic carbocycles. The lowest BCUT2D eigenvalue weighted by Gasteiger charge is -2.15. The number of phenols is 1. The van der Waals surface area contributed by atoms with Gasteiger partial charge in [0.05, 0.1) is 28.9 Å². The van der Waals surface area contributed by atoms with Crippen molar-refractivity contribution < 1.29 is 31.5 Å². The molecule has 180 valence electrons. The van der Waals surface area contributed by atoms with Crippen LogP contribution in [-0.2, 0) is 24.8 Å². The van der Waals surface area contributed by atoms with E-state index < -0.39 is 41.6 Å². The van der Waals surface area contributed by atoms with Crippen LogP contribution in [-0.4, -0.2) is 35.0 Å². The van der Waals surface area contributed by atoms with E-state index in [4.69, 9.17) is 16.3 Å². The number of methoxy groups -OCH3 is 1. The summed E-state index contributed by atoms with van der Waals surface area (Å²) in [5.74, 6) is -1.28. The summed E-state index contributed by atoms with van der Waals surface area (Å²) in [5, 5.41) is 10.5. The van der Waals surface area contributed by atoms with Gasteiger partial charge in [0.15, 0.2) is 0 Å². The Bertz CT molecular complexity index is 1490. The van der Waals surface area contributed by atoms with Gasteiger partial charge in [0.25, 0.3) is 20.0 Å². The summed E-state index contributed by atoms with van der Waals surface area (Å²) in [7, 11) is -7.47. The Hall–Kier alpha value is -3.28. The van der Waals surface area contributed by atoms with Gasteiger partial charge in [-0.3, -0.25) is 9.44 Å². The number of anilines is 2. The van der Waals surface area contributed by atoms with E-state index in [0.29, 0.717) is 16.1 Å². The third kappa shape index (κ3) is 5.11. The van der Waals surface area contributed by atoms with Gasteiger partial charge in [-0.15, -0.1) is 0 Å². The van der Waals surface area contributed by atoms with Crippen LogP contribution in [0.2, 0.25) is 5.02 Å². The van der Waals surface area contributed by atoms with E-state index in [2.05, 4.69) is 9.44 Å². The van der Waals surface area contributed by atoms with Gasteiger partial charge in [-0.2, -0.15) is 0 Å². The van der Waals surface area contributed by atoms with Gasteiger partial charge < -0.3 is 9.84 Å².